The predicted molar refractivity (Wildman–Crippen MR) is 87.9 cm³/mol. The van der Waals surface area contributed by atoms with Crippen LogP contribution in [-0.4, -0.2) is 66.8 Å². The van der Waals surface area contributed by atoms with Crippen LogP contribution in [0.25, 0.3) is 0 Å². The molecule has 7 heteroatoms. The molecule has 130 valence electrons. The van der Waals surface area contributed by atoms with Gasteiger partial charge in [0.05, 0.1) is 37.5 Å². The van der Waals surface area contributed by atoms with E-state index in [1.165, 1.54) is 0 Å². The maximum atomic E-state index is 12.1. The maximum Gasteiger partial charge on any atom is 0.225 e. The number of anilines is 1. The van der Waals surface area contributed by atoms with Crippen molar-refractivity contribution in [2.24, 2.45) is 0 Å². The molecule has 1 aromatic heterocycles. The average molecular weight is 332 g/mol. The van der Waals surface area contributed by atoms with Gasteiger partial charge in [-0.25, -0.2) is 9.97 Å². The Morgan fingerprint density at radius 1 is 1.29 bits per heavy atom. The summed E-state index contributed by atoms with van der Waals surface area (Å²) in [5, 5.41) is 0. The summed E-state index contributed by atoms with van der Waals surface area (Å²) in [5.41, 5.74) is 1.96. The molecule has 0 radical (unpaired) electrons. The van der Waals surface area contributed by atoms with Gasteiger partial charge in [0, 0.05) is 44.4 Å². The Kier molecular flexibility index (Phi) is 4.14. The van der Waals surface area contributed by atoms with E-state index in [1.807, 2.05) is 18.0 Å². The van der Waals surface area contributed by atoms with Crippen LogP contribution in [0.4, 0.5) is 5.95 Å². The van der Waals surface area contributed by atoms with E-state index < -0.39 is 0 Å². The predicted octanol–water partition coefficient (Wildman–Crippen LogP) is 0.723. The van der Waals surface area contributed by atoms with Crippen molar-refractivity contribution in [1.82, 2.24) is 14.9 Å². The summed E-state index contributed by atoms with van der Waals surface area (Å²) in [7, 11) is 0. The number of likely N-dealkylation sites (tertiary alicyclic amines) is 1. The van der Waals surface area contributed by atoms with Crippen LogP contribution in [-0.2, 0) is 26.3 Å². The third kappa shape index (κ3) is 2.65. The van der Waals surface area contributed by atoms with E-state index in [-0.39, 0.29) is 11.3 Å². The first-order chi connectivity index (χ1) is 11.7. The molecule has 0 bridgehead atoms. The van der Waals surface area contributed by atoms with Gasteiger partial charge in [0.1, 0.15) is 0 Å². The molecular weight excluding hydrogens is 308 g/mol. The molecule has 3 aliphatic heterocycles. The number of hydrogen-bond acceptors (Lipinski definition) is 6. The summed E-state index contributed by atoms with van der Waals surface area (Å²) >= 11 is 0. The van der Waals surface area contributed by atoms with Crippen LogP contribution >= 0.6 is 0 Å². The van der Waals surface area contributed by atoms with E-state index >= 15 is 0 Å². The van der Waals surface area contributed by atoms with E-state index in [0.29, 0.717) is 39.4 Å². The van der Waals surface area contributed by atoms with Gasteiger partial charge in [-0.3, -0.25) is 4.79 Å². The lowest BCUT2D eigenvalue weighted by molar-refractivity contribution is -0.130. The highest BCUT2D eigenvalue weighted by Crippen LogP contribution is 2.39. The number of carbonyl (C=O) groups is 1. The molecular formula is C17H24N4O3. The molecule has 1 aromatic rings. The summed E-state index contributed by atoms with van der Waals surface area (Å²) in [6, 6.07) is 0. The molecule has 3 aliphatic rings. The Morgan fingerprint density at radius 3 is 2.92 bits per heavy atom. The number of rotatable bonds is 2. The van der Waals surface area contributed by atoms with Gasteiger partial charge in [0.25, 0.3) is 0 Å². The SMILES string of the molecule is CCC(=O)N1CC[C@@]2(COCc3cnc(N4CCOCC4)nc32)C1. The first kappa shape index (κ1) is 15.8. The van der Waals surface area contributed by atoms with Crippen molar-refractivity contribution in [3.8, 4) is 0 Å². The number of amides is 1. The van der Waals surface area contributed by atoms with Crippen LogP contribution in [0.3, 0.4) is 0 Å². The molecule has 1 atom stereocenters. The van der Waals surface area contributed by atoms with Crippen molar-refractivity contribution < 1.29 is 14.3 Å². The molecule has 0 N–H and O–H groups in total. The Hall–Kier alpha value is -1.73. The topological polar surface area (TPSA) is 67.8 Å². The summed E-state index contributed by atoms with van der Waals surface area (Å²) in [4.78, 5) is 25.7. The Labute approximate surface area is 142 Å². The molecule has 1 spiro atoms. The summed E-state index contributed by atoms with van der Waals surface area (Å²) < 4.78 is 11.2. The quantitative estimate of drug-likeness (QED) is 0.795. The Bertz CT molecular complexity index is 632. The van der Waals surface area contributed by atoms with Gasteiger partial charge in [-0.15, -0.1) is 0 Å². The smallest absolute Gasteiger partial charge is 0.225 e. The number of fused-ring (bicyclic) bond motifs is 2. The molecule has 2 fully saturated rings. The van der Waals surface area contributed by atoms with Crippen molar-refractivity contribution in [1.29, 1.82) is 0 Å². The molecule has 4 rings (SSSR count). The van der Waals surface area contributed by atoms with Crippen molar-refractivity contribution in [2.75, 3.05) is 50.9 Å². The van der Waals surface area contributed by atoms with Crippen molar-refractivity contribution in [2.45, 2.75) is 31.8 Å². The fourth-order valence-electron chi connectivity index (χ4n) is 3.92. The zero-order valence-electron chi connectivity index (χ0n) is 14.2. The number of ether oxygens (including phenoxy) is 2. The molecule has 0 saturated carbocycles. The van der Waals surface area contributed by atoms with E-state index in [0.717, 1.165) is 43.3 Å². The monoisotopic (exact) mass is 332 g/mol. The zero-order chi connectivity index (χ0) is 16.6. The van der Waals surface area contributed by atoms with Crippen LogP contribution in [0.15, 0.2) is 6.20 Å². The number of carbonyl (C=O) groups excluding carboxylic acids is 1. The van der Waals surface area contributed by atoms with Crippen LogP contribution in [0.2, 0.25) is 0 Å². The van der Waals surface area contributed by atoms with Gasteiger partial charge in [-0.1, -0.05) is 6.92 Å². The minimum atomic E-state index is -0.178. The lowest BCUT2D eigenvalue weighted by Crippen LogP contribution is -2.43. The van der Waals surface area contributed by atoms with Gasteiger partial charge in [-0.2, -0.15) is 0 Å². The van der Waals surface area contributed by atoms with Gasteiger partial charge >= 0.3 is 0 Å². The standard InChI is InChI=1S/C17H24N4O3/c1-2-14(22)21-4-3-17(11-21)12-24-10-13-9-18-16(19-15(13)17)20-5-7-23-8-6-20/h9H,2-8,10-12H2,1H3/t17-/m0/s1. The van der Waals surface area contributed by atoms with Gasteiger partial charge < -0.3 is 19.3 Å². The van der Waals surface area contributed by atoms with E-state index in [4.69, 9.17) is 14.5 Å². The van der Waals surface area contributed by atoms with Crippen molar-refractivity contribution >= 4 is 11.9 Å². The minimum absolute atomic E-state index is 0.178. The second-order valence-corrected chi connectivity index (χ2v) is 6.84. The van der Waals surface area contributed by atoms with Gasteiger partial charge in [0.15, 0.2) is 0 Å². The highest BCUT2D eigenvalue weighted by Gasteiger charge is 2.46. The number of aromatic nitrogens is 2. The largest absolute Gasteiger partial charge is 0.378 e. The molecule has 24 heavy (non-hydrogen) atoms. The lowest BCUT2D eigenvalue weighted by Gasteiger charge is -2.35. The molecule has 0 aliphatic carbocycles. The zero-order valence-corrected chi connectivity index (χ0v) is 14.2. The summed E-state index contributed by atoms with van der Waals surface area (Å²) in [6.07, 6.45) is 3.36. The van der Waals surface area contributed by atoms with E-state index in [9.17, 15) is 4.79 Å². The highest BCUT2D eigenvalue weighted by molar-refractivity contribution is 5.76. The number of hydrogen-bond donors (Lipinski definition) is 0. The lowest BCUT2D eigenvalue weighted by atomic mass is 9.80. The van der Waals surface area contributed by atoms with Crippen LogP contribution < -0.4 is 4.90 Å². The van der Waals surface area contributed by atoms with E-state index in [1.54, 1.807) is 0 Å². The fourth-order valence-corrected chi connectivity index (χ4v) is 3.92. The minimum Gasteiger partial charge on any atom is -0.378 e. The van der Waals surface area contributed by atoms with Gasteiger partial charge in [0.2, 0.25) is 11.9 Å². The first-order valence-electron chi connectivity index (χ1n) is 8.76. The average Bonchev–Trinajstić information content (AvgIpc) is 3.07. The Morgan fingerprint density at radius 2 is 2.12 bits per heavy atom. The van der Waals surface area contributed by atoms with Crippen molar-refractivity contribution in [3.05, 3.63) is 17.5 Å². The Balaban J connectivity index is 1.65. The summed E-state index contributed by atoms with van der Waals surface area (Å²) in [5.74, 6) is 0.986. The molecule has 4 heterocycles. The molecule has 0 unspecified atom stereocenters. The molecule has 1 amide bonds. The van der Waals surface area contributed by atoms with Gasteiger partial charge in [-0.05, 0) is 6.42 Å². The summed E-state index contributed by atoms with van der Waals surface area (Å²) in [6.45, 7) is 7.66. The fraction of sp³-hybridized carbons (Fsp3) is 0.706. The second kappa shape index (κ2) is 6.29. The van der Waals surface area contributed by atoms with Crippen LogP contribution in [0.5, 0.6) is 0 Å². The normalized spacial score (nSPS) is 26.7. The third-order valence-corrected chi connectivity index (χ3v) is 5.29. The number of nitrogens with zero attached hydrogens (tertiary/aromatic N) is 4. The first-order valence-corrected chi connectivity index (χ1v) is 8.76. The highest BCUT2D eigenvalue weighted by atomic mass is 16.5. The van der Waals surface area contributed by atoms with Crippen LogP contribution in [0, 0.1) is 0 Å². The second-order valence-electron chi connectivity index (χ2n) is 6.84. The molecule has 7 nitrogen and oxygen atoms in total. The molecule has 0 aromatic carbocycles. The van der Waals surface area contributed by atoms with Crippen molar-refractivity contribution in [3.63, 3.8) is 0 Å². The maximum absolute atomic E-state index is 12.1. The van der Waals surface area contributed by atoms with Crippen LogP contribution in [0.1, 0.15) is 31.0 Å². The molecule has 2 saturated heterocycles. The van der Waals surface area contributed by atoms with E-state index in [2.05, 4.69) is 9.88 Å². The number of morpholine rings is 1. The third-order valence-electron chi connectivity index (χ3n) is 5.29.